The zero-order valence-electron chi connectivity index (χ0n) is 11.2. The van der Waals surface area contributed by atoms with Crippen LogP contribution in [0.3, 0.4) is 0 Å². The Labute approximate surface area is 122 Å². The van der Waals surface area contributed by atoms with Crippen molar-refractivity contribution in [3.8, 4) is 0 Å². The van der Waals surface area contributed by atoms with Crippen LogP contribution in [0.1, 0.15) is 12.5 Å². The predicted octanol–water partition coefficient (Wildman–Crippen LogP) is 3.62. The second-order valence-electron chi connectivity index (χ2n) is 4.42. The Morgan fingerprint density at radius 3 is 2.45 bits per heavy atom. The Morgan fingerprint density at radius 2 is 1.80 bits per heavy atom. The highest BCUT2D eigenvalue weighted by molar-refractivity contribution is 8.00. The highest BCUT2D eigenvalue weighted by Crippen LogP contribution is 2.22. The molecule has 0 radical (unpaired) electrons. The summed E-state index contributed by atoms with van der Waals surface area (Å²) in [7, 11) is 0. The maximum Gasteiger partial charge on any atom is 0.233 e. The van der Waals surface area contributed by atoms with Gasteiger partial charge in [0.05, 0.1) is 5.25 Å². The van der Waals surface area contributed by atoms with Gasteiger partial charge in [0.25, 0.3) is 0 Å². The third-order valence-corrected chi connectivity index (χ3v) is 3.92. The van der Waals surface area contributed by atoms with Crippen molar-refractivity contribution in [3.63, 3.8) is 0 Å². The standard InChI is InChI=1S/C16H16FNOS/c1-12(20-15-5-3-2-4-6-15)16(19)18-11-13-7-9-14(17)10-8-13/h2-10,12H,11H2,1H3,(H,18,19). The summed E-state index contributed by atoms with van der Waals surface area (Å²) in [5.41, 5.74) is 0.886. The van der Waals surface area contributed by atoms with Crippen LogP contribution in [-0.4, -0.2) is 11.2 Å². The van der Waals surface area contributed by atoms with Crippen LogP contribution >= 0.6 is 11.8 Å². The molecule has 1 N–H and O–H groups in total. The monoisotopic (exact) mass is 289 g/mol. The molecule has 0 aliphatic rings. The highest BCUT2D eigenvalue weighted by atomic mass is 32.2. The van der Waals surface area contributed by atoms with Crippen LogP contribution in [0.2, 0.25) is 0 Å². The van der Waals surface area contributed by atoms with Gasteiger partial charge in [-0.05, 0) is 36.8 Å². The lowest BCUT2D eigenvalue weighted by Gasteiger charge is -2.12. The molecule has 20 heavy (non-hydrogen) atoms. The summed E-state index contributed by atoms with van der Waals surface area (Å²) in [5, 5.41) is 2.69. The van der Waals surface area contributed by atoms with Gasteiger partial charge in [-0.3, -0.25) is 4.79 Å². The van der Waals surface area contributed by atoms with E-state index in [2.05, 4.69) is 5.32 Å². The molecule has 104 valence electrons. The topological polar surface area (TPSA) is 29.1 Å². The number of rotatable bonds is 5. The fraction of sp³-hybridized carbons (Fsp3) is 0.188. The molecule has 0 spiro atoms. The molecular formula is C16H16FNOS. The Hall–Kier alpha value is -1.81. The van der Waals surface area contributed by atoms with E-state index in [-0.39, 0.29) is 17.0 Å². The molecule has 0 heterocycles. The van der Waals surface area contributed by atoms with E-state index in [9.17, 15) is 9.18 Å². The second kappa shape index (κ2) is 7.10. The average Bonchev–Trinajstić information content (AvgIpc) is 2.47. The van der Waals surface area contributed by atoms with Crippen molar-refractivity contribution < 1.29 is 9.18 Å². The normalized spacial score (nSPS) is 11.9. The van der Waals surface area contributed by atoms with Gasteiger partial charge in [0.2, 0.25) is 5.91 Å². The molecule has 0 aliphatic heterocycles. The van der Waals surface area contributed by atoms with Crippen LogP contribution in [0.4, 0.5) is 4.39 Å². The number of benzene rings is 2. The first-order valence-electron chi connectivity index (χ1n) is 6.39. The molecule has 0 bridgehead atoms. The van der Waals surface area contributed by atoms with E-state index in [0.717, 1.165) is 10.5 Å². The quantitative estimate of drug-likeness (QED) is 0.852. The van der Waals surface area contributed by atoms with Gasteiger partial charge in [0.15, 0.2) is 0 Å². The molecule has 2 aromatic carbocycles. The fourth-order valence-electron chi connectivity index (χ4n) is 1.69. The number of hydrogen-bond acceptors (Lipinski definition) is 2. The molecule has 1 amide bonds. The van der Waals surface area contributed by atoms with Gasteiger partial charge in [-0.1, -0.05) is 30.3 Å². The number of hydrogen-bond donors (Lipinski definition) is 1. The first kappa shape index (κ1) is 14.6. The summed E-state index contributed by atoms with van der Waals surface area (Å²) in [6.07, 6.45) is 0. The van der Waals surface area contributed by atoms with Gasteiger partial charge >= 0.3 is 0 Å². The first-order chi connectivity index (χ1) is 9.65. The number of carbonyl (C=O) groups is 1. The molecule has 0 saturated heterocycles. The Kier molecular flexibility index (Phi) is 5.18. The lowest BCUT2D eigenvalue weighted by Crippen LogP contribution is -2.30. The maximum atomic E-state index is 12.8. The number of halogens is 1. The van der Waals surface area contributed by atoms with Crippen molar-refractivity contribution in [2.75, 3.05) is 0 Å². The largest absolute Gasteiger partial charge is 0.351 e. The number of nitrogens with one attached hydrogen (secondary N) is 1. The van der Waals surface area contributed by atoms with Crippen molar-refractivity contribution in [2.45, 2.75) is 23.6 Å². The fourth-order valence-corrected chi connectivity index (χ4v) is 2.60. The molecule has 0 aromatic heterocycles. The molecular weight excluding hydrogens is 273 g/mol. The van der Waals surface area contributed by atoms with E-state index in [1.165, 1.54) is 23.9 Å². The van der Waals surface area contributed by atoms with Crippen LogP contribution in [0.15, 0.2) is 59.5 Å². The number of carbonyl (C=O) groups excluding carboxylic acids is 1. The van der Waals surface area contributed by atoms with Crippen LogP contribution in [0.5, 0.6) is 0 Å². The Bertz CT molecular complexity index is 556. The summed E-state index contributed by atoms with van der Waals surface area (Å²) in [5.74, 6) is -0.295. The van der Waals surface area contributed by atoms with Gasteiger partial charge in [-0.15, -0.1) is 11.8 Å². The van der Waals surface area contributed by atoms with Crippen molar-refractivity contribution >= 4 is 17.7 Å². The van der Waals surface area contributed by atoms with Crippen LogP contribution < -0.4 is 5.32 Å². The Balaban J connectivity index is 1.83. The summed E-state index contributed by atoms with van der Waals surface area (Å²) in [4.78, 5) is 13.0. The van der Waals surface area contributed by atoms with Crippen molar-refractivity contribution in [1.29, 1.82) is 0 Å². The minimum atomic E-state index is -0.270. The van der Waals surface area contributed by atoms with Crippen molar-refractivity contribution in [3.05, 3.63) is 66.0 Å². The van der Waals surface area contributed by atoms with Crippen LogP contribution in [-0.2, 0) is 11.3 Å². The maximum absolute atomic E-state index is 12.8. The third kappa shape index (κ3) is 4.38. The number of thioether (sulfide) groups is 1. The smallest absolute Gasteiger partial charge is 0.233 e. The molecule has 2 nitrogen and oxygen atoms in total. The lowest BCUT2D eigenvalue weighted by atomic mass is 10.2. The van der Waals surface area contributed by atoms with Gasteiger partial charge in [0, 0.05) is 11.4 Å². The van der Waals surface area contributed by atoms with Crippen molar-refractivity contribution in [2.24, 2.45) is 0 Å². The van der Waals surface area contributed by atoms with Crippen molar-refractivity contribution in [1.82, 2.24) is 5.32 Å². The lowest BCUT2D eigenvalue weighted by molar-refractivity contribution is -0.120. The van der Waals surface area contributed by atoms with Gasteiger partial charge < -0.3 is 5.32 Å². The second-order valence-corrected chi connectivity index (χ2v) is 5.83. The molecule has 1 unspecified atom stereocenters. The van der Waals surface area contributed by atoms with E-state index in [1.807, 2.05) is 37.3 Å². The molecule has 2 aromatic rings. The van der Waals surface area contributed by atoms with Gasteiger partial charge in [0.1, 0.15) is 5.82 Å². The average molecular weight is 289 g/mol. The third-order valence-electron chi connectivity index (χ3n) is 2.81. The SMILES string of the molecule is CC(Sc1ccccc1)C(=O)NCc1ccc(F)cc1. The molecule has 4 heteroatoms. The van der Waals surface area contributed by atoms with E-state index in [0.29, 0.717) is 6.54 Å². The van der Waals surface area contributed by atoms with E-state index >= 15 is 0 Å². The summed E-state index contributed by atoms with van der Waals surface area (Å²) < 4.78 is 12.8. The predicted molar refractivity (Wildman–Crippen MR) is 80.0 cm³/mol. The molecule has 2 rings (SSSR count). The zero-order valence-corrected chi connectivity index (χ0v) is 12.0. The molecule has 0 fully saturated rings. The minimum absolute atomic E-state index is 0.0248. The molecule has 0 aliphatic carbocycles. The summed E-state index contributed by atoms with van der Waals surface area (Å²) in [6.45, 7) is 2.29. The molecule has 1 atom stereocenters. The van der Waals surface area contributed by atoms with Gasteiger partial charge in [-0.25, -0.2) is 4.39 Å². The van der Waals surface area contributed by atoms with Crippen LogP contribution in [0.25, 0.3) is 0 Å². The summed E-state index contributed by atoms with van der Waals surface area (Å²) >= 11 is 1.52. The van der Waals surface area contributed by atoms with E-state index in [1.54, 1.807) is 12.1 Å². The Morgan fingerprint density at radius 1 is 1.15 bits per heavy atom. The number of amides is 1. The van der Waals surface area contributed by atoms with E-state index in [4.69, 9.17) is 0 Å². The van der Waals surface area contributed by atoms with Crippen LogP contribution in [0, 0.1) is 5.82 Å². The minimum Gasteiger partial charge on any atom is -0.351 e. The highest BCUT2D eigenvalue weighted by Gasteiger charge is 2.13. The summed E-state index contributed by atoms with van der Waals surface area (Å²) in [6, 6.07) is 15.9. The van der Waals surface area contributed by atoms with E-state index < -0.39 is 0 Å². The van der Waals surface area contributed by atoms with Gasteiger partial charge in [-0.2, -0.15) is 0 Å². The molecule has 0 saturated carbocycles. The first-order valence-corrected chi connectivity index (χ1v) is 7.27. The zero-order chi connectivity index (χ0) is 14.4.